The molecule has 8 heteroatoms. The lowest BCUT2D eigenvalue weighted by Gasteiger charge is -2.18. The van der Waals surface area contributed by atoms with Crippen molar-refractivity contribution in [3.63, 3.8) is 0 Å². The number of carbonyl (C=O) groups is 2. The minimum atomic E-state index is -0.580. The van der Waals surface area contributed by atoms with Crippen molar-refractivity contribution >= 4 is 18.1 Å². The fraction of sp³-hybridized carbons (Fsp3) is 0.0952. The lowest BCUT2D eigenvalue weighted by atomic mass is 10.2. The Hall–Kier alpha value is -4.07. The van der Waals surface area contributed by atoms with E-state index in [-0.39, 0.29) is 11.7 Å². The summed E-state index contributed by atoms with van der Waals surface area (Å²) in [6.07, 6.45) is 2.88. The van der Waals surface area contributed by atoms with Crippen molar-refractivity contribution in [3.05, 3.63) is 77.7 Å². The molecule has 0 unspecified atom stereocenters. The molecule has 29 heavy (non-hydrogen) atoms. The Morgan fingerprint density at radius 2 is 1.79 bits per heavy atom. The van der Waals surface area contributed by atoms with Gasteiger partial charge in [-0.15, -0.1) is 0 Å². The Labute approximate surface area is 165 Å². The summed E-state index contributed by atoms with van der Waals surface area (Å²) in [6, 6.07) is 14.7. The lowest BCUT2D eigenvalue weighted by molar-refractivity contribution is 0.0701. The van der Waals surface area contributed by atoms with Crippen molar-refractivity contribution in [1.29, 1.82) is 0 Å². The number of amides is 1. The molecule has 0 aliphatic carbocycles. The van der Waals surface area contributed by atoms with Crippen LogP contribution in [0.2, 0.25) is 0 Å². The van der Waals surface area contributed by atoms with E-state index in [1.54, 1.807) is 48.5 Å². The molecule has 0 spiro atoms. The first-order valence-electron chi connectivity index (χ1n) is 8.78. The molecule has 1 aliphatic heterocycles. The Balaban J connectivity index is 1.33. The van der Waals surface area contributed by atoms with Crippen LogP contribution in [0.25, 0.3) is 0 Å². The van der Waals surface area contributed by atoms with Gasteiger partial charge in [-0.1, -0.05) is 0 Å². The number of nitrogens with zero attached hydrogens (tertiary/aromatic N) is 1. The Kier molecular flexibility index (Phi) is 5.24. The minimum Gasteiger partial charge on any atom is -0.486 e. The second-order valence-electron chi connectivity index (χ2n) is 5.99. The summed E-state index contributed by atoms with van der Waals surface area (Å²) in [5.41, 5.74) is 3.58. The maximum absolute atomic E-state index is 12.2. The van der Waals surface area contributed by atoms with Crippen LogP contribution in [-0.2, 0) is 0 Å². The van der Waals surface area contributed by atoms with E-state index < -0.39 is 5.97 Å². The standard InChI is InChI=1S/C21H16N2O6/c24-20(15-5-8-17-19(12-15)28-11-10-27-17)23-22-13-14-3-6-16(7-4-14)29-21(25)18-2-1-9-26-18/h1-9,12-13H,10-11H2,(H,23,24)/b22-13+. The van der Waals surface area contributed by atoms with E-state index in [0.29, 0.717) is 41.6 Å². The number of nitrogens with one attached hydrogen (secondary N) is 1. The van der Waals surface area contributed by atoms with E-state index in [1.807, 2.05) is 0 Å². The summed E-state index contributed by atoms with van der Waals surface area (Å²) in [4.78, 5) is 24.0. The Morgan fingerprint density at radius 1 is 1.00 bits per heavy atom. The van der Waals surface area contributed by atoms with Gasteiger partial charge < -0.3 is 18.6 Å². The van der Waals surface area contributed by atoms with Crippen molar-refractivity contribution in [2.45, 2.75) is 0 Å². The number of rotatable bonds is 5. The van der Waals surface area contributed by atoms with Crippen LogP contribution in [0.5, 0.6) is 17.2 Å². The number of hydrogen-bond donors (Lipinski definition) is 1. The third-order valence-electron chi connectivity index (χ3n) is 4.00. The summed E-state index contributed by atoms with van der Waals surface area (Å²) in [7, 11) is 0. The number of esters is 1. The van der Waals surface area contributed by atoms with Crippen molar-refractivity contribution in [3.8, 4) is 17.2 Å². The highest BCUT2D eigenvalue weighted by Crippen LogP contribution is 2.30. The zero-order chi connectivity index (χ0) is 20.1. The predicted octanol–water partition coefficient (Wildman–Crippen LogP) is 3.03. The molecule has 0 radical (unpaired) electrons. The molecule has 0 saturated carbocycles. The third kappa shape index (κ3) is 4.44. The largest absolute Gasteiger partial charge is 0.486 e. The van der Waals surface area contributed by atoms with E-state index >= 15 is 0 Å². The fourth-order valence-electron chi connectivity index (χ4n) is 2.59. The molecule has 1 aliphatic rings. The molecule has 1 aromatic heterocycles. The Morgan fingerprint density at radius 3 is 2.55 bits per heavy atom. The van der Waals surface area contributed by atoms with Crippen molar-refractivity contribution < 1.29 is 28.2 Å². The molecule has 0 bridgehead atoms. The van der Waals surface area contributed by atoms with Gasteiger partial charge in [0, 0.05) is 5.56 Å². The summed E-state index contributed by atoms with van der Waals surface area (Å²) in [6.45, 7) is 0.937. The first-order valence-corrected chi connectivity index (χ1v) is 8.78. The van der Waals surface area contributed by atoms with E-state index in [0.717, 1.165) is 0 Å². The average molecular weight is 392 g/mol. The van der Waals surface area contributed by atoms with Crippen LogP contribution in [0.15, 0.2) is 70.4 Å². The fourth-order valence-corrected chi connectivity index (χ4v) is 2.59. The highest BCUT2D eigenvalue weighted by Gasteiger charge is 2.14. The van der Waals surface area contributed by atoms with E-state index in [2.05, 4.69) is 10.5 Å². The summed E-state index contributed by atoms with van der Waals surface area (Å²) >= 11 is 0. The van der Waals surface area contributed by atoms with Gasteiger partial charge in [0.1, 0.15) is 19.0 Å². The number of fused-ring (bicyclic) bond motifs is 1. The monoisotopic (exact) mass is 392 g/mol. The molecule has 4 rings (SSSR count). The third-order valence-corrected chi connectivity index (χ3v) is 4.00. The molecule has 0 fully saturated rings. The van der Waals surface area contributed by atoms with Gasteiger partial charge >= 0.3 is 5.97 Å². The normalized spacial score (nSPS) is 12.6. The number of carbonyl (C=O) groups excluding carboxylic acids is 2. The molecule has 8 nitrogen and oxygen atoms in total. The van der Waals surface area contributed by atoms with Crippen LogP contribution in [0, 0.1) is 0 Å². The second kappa shape index (κ2) is 8.30. The number of furan rings is 1. The van der Waals surface area contributed by atoms with Gasteiger partial charge in [-0.05, 0) is 60.2 Å². The van der Waals surface area contributed by atoms with Crippen molar-refractivity contribution in [2.24, 2.45) is 5.10 Å². The highest BCUT2D eigenvalue weighted by molar-refractivity contribution is 5.95. The number of hydrazone groups is 1. The zero-order valence-corrected chi connectivity index (χ0v) is 15.2. The predicted molar refractivity (Wildman–Crippen MR) is 103 cm³/mol. The topological polar surface area (TPSA) is 99.4 Å². The van der Waals surface area contributed by atoms with Gasteiger partial charge in [-0.3, -0.25) is 4.79 Å². The molecule has 2 aromatic carbocycles. The van der Waals surface area contributed by atoms with Crippen LogP contribution < -0.4 is 19.6 Å². The smallest absolute Gasteiger partial charge is 0.379 e. The molecule has 1 N–H and O–H groups in total. The van der Waals surface area contributed by atoms with Gasteiger partial charge in [0.05, 0.1) is 12.5 Å². The van der Waals surface area contributed by atoms with Crippen LogP contribution in [0.4, 0.5) is 0 Å². The summed E-state index contributed by atoms with van der Waals surface area (Å²) < 4.78 is 21.1. The Bertz CT molecular complexity index is 1040. The lowest BCUT2D eigenvalue weighted by Crippen LogP contribution is -2.19. The van der Waals surface area contributed by atoms with Crippen LogP contribution in [-0.4, -0.2) is 31.3 Å². The van der Waals surface area contributed by atoms with Gasteiger partial charge in [-0.25, -0.2) is 10.2 Å². The molecule has 146 valence electrons. The molecular formula is C21H16N2O6. The number of ether oxygens (including phenoxy) is 3. The van der Waals surface area contributed by atoms with E-state index in [4.69, 9.17) is 18.6 Å². The molecule has 0 atom stereocenters. The first-order chi connectivity index (χ1) is 14.2. The second-order valence-corrected chi connectivity index (χ2v) is 5.99. The van der Waals surface area contributed by atoms with E-state index in [1.165, 1.54) is 18.5 Å². The maximum Gasteiger partial charge on any atom is 0.379 e. The van der Waals surface area contributed by atoms with Gasteiger partial charge in [0.2, 0.25) is 5.76 Å². The summed E-state index contributed by atoms with van der Waals surface area (Å²) in [5.74, 6) is 0.684. The van der Waals surface area contributed by atoms with Crippen LogP contribution in [0.3, 0.4) is 0 Å². The number of benzene rings is 2. The molecular weight excluding hydrogens is 376 g/mol. The van der Waals surface area contributed by atoms with E-state index in [9.17, 15) is 9.59 Å². The molecule has 2 heterocycles. The molecule has 1 amide bonds. The molecule has 0 saturated heterocycles. The van der Waals surface area contributed by atoms with Crippen LogP contribution in [0.1, 0.15) is 26.5 Å². The number of hydrogen-bond acceptors (Lipinski definition) is 7. The van der Waals surface area contributed by atoms with Crippen LogP contribution >= 0.6 is 0 Å². The van der Waals surface area contributed by atoms with Gasteiger partial charge in [-0.2, -0.15) is 5.10 Å². The molecule has 3 aromatic rings. The summed E-state index contributed by atoms with van der Waals surface area (Å²) in [5, 5.41) is 3.94. The average Bonchev–Trinajstić information content (AvgIpc) is 3.30. The van der Waals surface area contributed by atoms with Gasteiger partial charge in [0.15, 0.2) is 11.5 Å². The highest BCUT2D eigenvalue weighted by atomic mass is 16.6. The quantitative estimate of drug-likeness (QED) is 0.310. The first kappa shape index (κ1) is 18.3. The maximum atomic E-state index is 12.2. The minimum absolute atomic E-state index is 0.123. The SMILES string of the molecule is O=C(N/N=C/c1ccc(OC(=O)c2ccco2)cc1)c1ccc2c(c1)OCCO2. The zero-order valence-electron chi connectivity index (χ0n) is 15.2. The van der Waals surface area contributed by atoms with Crippen molar-refractivity contribution in [1.82, 2.24) is 5.43 Å². The van der Waals surface area contributed by atoms with Crippen molar-refractivity contribution in [2.75, 3.05) is 13.2 Å². The van der Waals surface area contributed by atoms with Gasteiger partial charge in [0.25, 0.3) is 5.91 Å².